The van der Waals surface area contributed by atoms with Crippen LogP contribution in [0.15, 0.2) is 65.1 Å². The first-order valence-electron chi connectivity index (χ1n) is 12.5. The zero-order valence-corrected chi connectivity index (χ0v) is 25.2. The van der Waals surface area contributed by atoms with E-state index < -0.39 is 6.04 Å². The molecule has 0 bridgehead atoms. The topological polar surface area (TPSA) is 58.6 Å². The molecule has 3 aromatic carbocycles. The van der Waals surface area contributed by atoms with Gasteiger partial charge in [0, 0.05) is 39.6 Å². The number of amides is 2. The third kappa shape index (κ3) is 8.23. The molecule has 0 heterocycles. The smallest absolute Gasteiger partial charge is 0.261 e. The van der Waals surface area contributed by atoms with Gasteiger partial charge in [-0.2, -0.15) is 0 Å². The second-order valence-corrected chi connectivity index (χ2v) is 11.3. The molecule has 0 unspecified atom stereocenters. The highest BCUT2D eigenvalue weighted by Gasteiger charge is 2.31. The lowest BCUT2D eigenvalue weighted by Crippen LogP contribution is -2.52. The number of carbonyl (C=O) groups excluding carboxylic acids is 2. The molecule has 0 aliphatic rings. The van der Waals surface area contributed by atoms with Gasteiger partial charge in [-0.15, -0.1) is 0 Å². The number of nitrogens with one attached hydrogen (secondary N) is 1. The first-order chi connectivity index (χ1) is 18.1. The number of hydrogen-bond donors (Lipinski definition) is 1. The molecular formula is C30H33BrCl2N2O3. The van der Waals surface area contributed by atoms with Gasteiger partial charge in [0.05, 0.1) is 0 Å². The summed E-state index contributed by atoms with van der Waals surface area (Å²) in [5.41, 5.74) is 3.51. The molecule has 0 saturated carbocycles. The largest absolute Gasteiger partial charge is 0.484 e. The summed E-state index contributed by atoms with van der Waals surface area (Å²) in [5, 5.41) is 3.86. The van der Waals surface area contributed by atoms with Gasteiger partial charge in [0.1, 0.15) is 11.8 Å². The molecular weight excluding hydrogens is 587 g/mol. The lowest BCUT2D eigenvalue weighted by atomic mass is 10.0. The summed E-state index contributed by atoms with van der Waals surface area (Å²) in [7, 11) is 0. The summed E-state index contributed by atoms with van der Waals surface area (Å²) in [6.45, 7) is 8.28. The summed E-state index contributed by atoms with van der Waals surface area (Å²) in [6, 6.07) is 17.8. The van der Waals surface area contributed by atoms with Gasteiger partial charge < -0.3 is 15.0 Å². The van der Waals surface area contributed by atoms with Crippen LogP contribution in [-0.2, 0) is 22.6 Å². The van der Waals surface area contributed by atoms with E-state index >= 15 is 0 Å². The predicted molar refractivity (Wildman–Crippen MR) is 158 cm³/mol. The average molecular weight is 620 g/mol. The standard InChI is InChI=1S/C30H33BrCl2N2O3/c1-19(2)16-34-30(37)27(15-22-9-6-5-7-10-22)35(17-24-25(32)11-8-12-26(24)33)28(36)18-38-23-13-20(3)29(31)21(4)14-23/h5-14,19,27H,15-18H2,1-4H3,(H,34,37)/t27-/m1/s1. The van der Waals surface area contributed by atoms with E-state index in [2.05, 4.69) is 21.2 Å². The van der Waals surface area contributed by atoms with Crippen molar-refractivity contribution in [3.8, 4) is 5.75 Å². The molecule has 0 aliphatic heterocycles. The normalized spacial score (nSPS) is 11.8. The molecule has 3 rings (SSSR count). The van der Waals surface area contributed by atoms with E-state index in [0.29, 0.717) is 34.3 Å². The quantitative estimate of drug-likeness (QED) is 0.248. The van der Waals surface area contributed by atoms with Gasteiger partial charge in [-0.25, -0.2) is 0 Å². The van der Waals surface area contributed by atoms with Crippen LogP contribution < -0.4 is 10.1 Å². The number of rotatable bonds is 11. The summed E-state index contributed by atoms with van der Waals surface area (Å²) in [6.07, 6.45) is 0.328. The summed E-state index contributed by atoms with van der Waals surface area (Å²) >= 11 is 16.5. The molecule has 8 heteroatoms. The monoisotopic (exact) mass is 618 g/mol. The Morgan fingerprint density at radius 1 is 0.974 bits per heavy atom. The highest BCUT2D eigenvalue weighted by Crippen LogP contribution is 2.28. The minimum Gasteiger partial charge on any atom is -0.484 e. The average Bonchev–Trinajstić information content (AvgIpc) is 2.88. The number of hydrogen-bond acceptors (Lipinski definition) is 3. The molecule has 0 fully saturated rings. The van der Waals surface area contributed by atoms with Crippen molar-refractivity contribution in [2.45, 2.75) is 46.7 Å². The van der Waals surface area contributed by atoms with Crippen LogP contribution in [0, 0.1) is 19.8 Å². The Kier molecular flexibility index (Phi) is 11.1. The first kappa shape index (κ1) is 30.0. The van der Waals surface area contributed by atoms with Crippen LogP contribution in [0.5, 0.6) is 5.75 Å². The van der Waals surface area contributed by atoms with Crippen molar-refractivity contribution < 1.29 is 14.3 Å². The Morgan fingerprint density at radius 3 is 2.16 bits per heavy atom. The van der Waals surface area contributed by atoms with Gasteiger partial charge in [-0.3, -0.25) is 9.59 Å². The zero-order valence-electron chi connectivity index (χ0n) is 22.1. The summed E-state index contributed by atoms with van der Waals surface area (Å²) in [5.74, 6) is 0.246. The molecule has 3 aromatic rings. The van der Waals surface area contributed by atoms with E-state index in [1.54, 1.807) is 18.2 Å². The van der Waals surface area contributed by atoms with Crippen molar-refractivity contribution in [2.75, 3.05) is 13.2 Å². The van der Waals surface area contributed by atoms with Gasteiger partial charge in [0.15, 0.2) is 6.61 Å². The van der Waals surface area contributed by atoms with Crippen molar-refractivity contribution >= 4 is 50.9 Å². The fourth-order valence-electron chi connectivity index (χ4n) is 4.05. The number of aryl methyl sites for hydroxylation is 2. The number of halogens is 3. The van der Waals surface area contributed by atoms with Crippen LogP contribution in [0.4, 0.5) is 0 Å². The molecule has 0 spiro atoms. The highest BCUT2D eigenvalue weighted by atomic mass is 79.9. The van der Waals surface area contributed by atoms with E-state index in [1.807, 2.05) is 70.2 Å². The van der Waals surface area contributed by atoms with Crippen molar-refractivity contribution in [2.24, 2.45) is 5.92 Å². The maximum atomic E-state index is 13.8. The summed E-state index contributed by atoms with van der Waals surface area (Å²) < 4.78 is 6.93. The lowest BCUT2D eigenvalue weighted by Gasteiger charge is -2.32. The minimum atomic E-state index is -0.798. The van der Waals surface area contributed by atoms with E-state index in [4.69, 9.17) is 27.9 Å². The molecule has 0 saturated heterocycles. The van der Waals surface area contributed by atoms with Gasteiger partial charge in [-0.05, 0) is 60.7 Å². The molecule has 1 atom stereocenters. The van der Waals surface area contributed by atoms with Gasteiger partial charge in [0.2, 0.25) is 5.91 Å². The molecule has 38 heavy (non-hydrogen) atoms. The van der Waals surface area contributed by atoms with Crippen molar-refractivity contribution in [3.05, 3.63) is 97.4 Å². The number of ether oxygens (including phenoxy) is 1. The Labute approximate surface area is 243 Å². The molecule has 2 amide bonds. The molecule has 202 valence electrons. The fraction of sp³-hybridized carbons (Fsp3) is 0.333. The lowest BCUT2D eigenvalue weighted by molar-refractivity contribution is -0.142. The van der Waals surface area contributed by atoms with Gasteiger partial charge in [-0.1, -0.05) is 89.4 Å². The highest BCUT2D eigenvalue weighted by molar-refractivity contribution is 9.10. The first-order valence-corrected chi connectivity index (χ1v) is 14.0. The van der Waals surface area contributed by atoms with Crippen LogP contribution in [0.1, 0.15) is 36.1 Å². The second-order valence-electron chi connectivity index (χ2n) is 9.73. The van der Waals surface area contributed by atoms with Crippen LogP contribution in [0.25, 0.3) is 0 Å². The van der Waals surface area contributed by atoms with Crippen molar-refractivity contribution in [1.82, 2.24) is 10.2 Å². The van der Waals surface area contributed by atoms with Crippen molar-refractivity contribution in [3.63, 3.8) is 0 Å². The van der Waals surface area contributed by atoms with Crippen LogP contribution in [0.3, 0.4) is 0 Å². The predicted octanol–water partition coefficient (Wildman–Crippen LogP) is 7.16. The fourth-order valence-corrected chi connectivity index (χ4v) is 4.79. The molecule has 1 N–H and O–H groups in total. The third-order valence-corrected chi connectivity index (χ3v) is 8.08. The second kappa shape index (κ2) is 14.0. The minimum absolute atomic E-state index is 0.0612. The number of benzene rings is 3. The van der Waals surface area contributed by atoms with E-state index in [-0.39, 0.29) is 30.9 Å². The van der Waals surface area contributed by atoms with Crippen LogP contribution >= 0.6 is 39.1 Å². The SMILES string of the molecule is Cc1cc(OCC(=O)N(Cc2c(Cl)cccc2Cl)[C@H](Cc2ccccc2)C(=O)NCC(C)C)cc(C)c1Br. The Morgan fingerprint density at radius 2 is 1.58 bits per heavy atom. The van der Waals surface area contributed by atoms with Gasteiger partial charge >= 0.3 is 0 Å². The van der Waals surface area contributed by atoms with Crippen LogP contribution in [-0.4, -0.2) is 35.9 Å². The zero-order chi connectivity index (χ0) is 27.8. The van der Waals surface area contributed by atoms with E-state index in [1.165, 1.54) is 4.90 Å². The van der Waals surface area contributed by atoms with Gasteiger partial charge in [0.25, 0.3) is 5.91 Å². The Bertz CT molecular complexity index is 1220. The molecule has 5 nitrogen and oxygen atoms in total. The Hall–Kier alpha value is -2.54. The molecule has 0 aliphatic carbocycles. The maximum Gasteiger partial charge on any atom is 0.261 e. The summed E-state index contributed by atoms with van der Waals surface area (Å²) in [4.78, 5) is 28.8. The third-order valence-electron chi connectivity index (χ3n) is 6.12. The van der Waals surface area contributed by atoms with Crippen LogP contribution in [0.2, 0.25) is 10.0 Å². The van der Waals surface area contributed by atoms with E-state index in [0.717, 1.165) is 21.2 Å². The number of carbonyl (C=O) groups is 2. The van der Waals surface area contributed by atoms with E-state index in [9.17, 15) is 9.59 Å². The molecule has 0 radical (unpaired) electrons. The molecule has 0 aromatic heterocycles. The number of nitrogens with zero attached hydrogens (tertiary/aromatic N) is 1. The van der Waals surface area contributed by atoms with Crippen molar-refractivity contribution in [1.29, 1.82) is 0 Å². The maximum absolute atomic E-state index is 13.8. The Balaban J connectivity index is 1.96.